The van der Waals surface area contributed by atoms with E-state index in [1.54, 1.807) is 0 Å². The van der Waals surface area contributed by atoms with Crippen LogP contribution < -0.4 is 10.5 Å². The molecule has 2 rings (SSSR count). The predicted octanol–water partition coefficient (Wildman–Crippen LogP) is 2.82. The Morgan fingerprint density at radius 3 is 2.60 bits per heavy atom. The van der Waals surface area contributed by atoms with Crippen molar-refractivity contribution < 1.29 is 23.4 Å². The maximum atomic E-state index is 13.4. The number of rotatable bonds is 4. The highest BCUT2D eigenvalue weighted by atomic mass is 19.1. The highest BCUT2D eigenvalue weighted by Gasteiger charge is 2.09. The zero-order valence-corrected chi connectivity index (χ0v) is 10.3. The average Bonchev–Trinajstić information content (AvgIpc) is 2.40. The Morgan fingerprint density at radius 1 is 1.20 bits per heavy atom. The third kappa shape index (κ3) is 3.03. The molecule has 0 aliphatic carbocycles. The van der Waals surface area contributed by atoms with E-state index in [0.29, 0.717) is 0 Å². The van der Waals surface area contributed by atoms with Crippen LogP contribution in [0.25, 0.3) is 0 Å². The van der Waals surface area contributed by atoms with Crippen molar-refractivity contribution in [3.05, 3.63) is 59.2 Å². The summed E-state index contributed by atoms with van der Waals surface area (Å²) in [5, 5.41) is 8.79. The Kier molecular flexibility index (Phi) is 3.84. The minimum absolute atomic E-state index is 0.0202. The van der Waals surface area contributed by atoms with E-state index in [4.69, 9.17) is 15.6 Å². The van der Waals surface area contributed by atoms with Crippen LogP contribution in [0, 0.1) is 11.6 Å². The molecule has 20 heavy (non-hydrogen) atoms. The van der Waals surface area contributed by atoms with E-state index in [0.717, 1.165) is 18.2 Å². The second-order valence-electron chi connectivity index (χ2n) is 4.08. The van der Waals surface area contributed by atoms with Crippen LogP contribution in [0.15, 0.2) is 36.4 Å². The van der Waals surface area contributed by atoms with Gasteiger partial charge in [0.25, 0.3) is 0 Å². The average molecular weight is 279 g/mol. The van der Waals surface area contributed by atoms with Gasteiger partial charge < -0.3 is 15.6 Å². The predicted molar refractivity (Wildman–Crippen MR) is 68.5 cm³/mol. The van der Waals surface area contributed by atoms with E-state index in [9.17, 15) is 13.6 Å². The van der Waals surface area contributed by atoms with Crippen molar-refractivity contribution in [2.24, 2.45) is 0 Å². The molecule has 0 heterocycles. The molecule has 0 atom stereocenters. The topological polar surface area (TPSA) is 72.6 Å². The Bertz CT molecular complexity index is 659. The first-order valence-corrected chi connectivity index (χ1v) is 5.67. The molecular formula is C14H11F2NO3. The summed E-state index contributed by atoms with van der Waals surface area (Å²) in [4.78, 5) is 10.7. The maximum Gasteiger partial charge on any atom is 0.335 e. The van der Waals surface area contributed by atoms with Gasteiger partial charge in [-0.2, -0.15) is 0 Å². The summed E-state index contributed by atoms with van der Waals surface area (Å²) in [7, 11) is 0. The number of ether oxygens (including phenoxy) is 1. The van der Waals surface area contributed by atoms with Gasteiger partial charge in [-0.25, -0.2) is 13.6 Å². The Morgan fingerprint density at radius 2 is 1.95 bits per heavy atom. The van der Waals surface area contributed by atoms with E-state index in [-0.39, 0.29) is 29.2 Å². The first-order chi connectivity index (χ1) is 9.47. The van der Waals surface area contributed by atoms with Crippen molar-refractivity contribution in [2.75, 3.05) is 5.73 Å². The van der Waals surface area contributed by atoms with Gasteiger partial charge in [-0.15, -0.1) is 0 Å². The number of carbonyl (C=O) groups is 1. The van der Waals surface area contributed by atoms with Crippen LogP contribution in [0.4, 0.5) is 14.5 Å². The minimum Gasteiger partial charge on any atom is -0.487 e. The van der Waals surface area contributed by atoms with E-state index < -0.39 is 17.6 Å². The van der Waals surface area contributed by atoms with Gasteiger partial charge in [0.2, 0.25) is 0 Å². The number of benzene rings is 2. The lowest BCUT2D eigenvalue weighted by molar-refractivity contribution is 0.0697. The van der Waals surface area contributed by atoms with Crippen LogP contribution in [0.1, 0.15) is 15.9 Å². The standard InChI is InChI=1S/C14H11F2NO3/c15-10-2-3-11(16)9(5-10)7-20-13-4-1-8(14(18)19)6-12(13)17/h1-6H,7,17H2,(H,18,19). The first-order valence-electron chi connectivity index (χ1n) is 5.67. The maximum absolute atomic E-state index is 13.4. The van der Waals surface area contributed by atoms with Gasteiger partial charge in [0.15, 0.2) is 0 Å². The summed E-state index contributed by atoms with van der Waals surface area (Å²) >= 11 is 0. The molecule has 0 fully saturated rings. The number of nitrogens with two attached hydrogens (primary N) is 1. The molecule has 0 amide bonds. The van der Waals surface area contributed by atoms with E-state index in [1.807, 2.05) is 0 Å². The van der Waals surface area contributed by atoms with E-state index in [2.05, 4.69) is 0 Å². The van der Waals surface area contributed by atoms with Crippen LogP contribution in [0.2, 0.25) is 0 Å². The fraction of sp³-hybridized carbons (Fsp3) is 0.0714. The Balaban J connectivity index is 2.15. The quantitative estimate of drug-likeness (QED) is 0.844. The molecule has 0 aliphatic heterocycles. The highest BCUT2D eigenvalue weighted by Crippen LogP contribution is 2.24. The lowest BCUT2D eigenvalue weighted by Gasteiger charge is -2.10. The van der Waals surface area contributed by atoms with Crippen LogP contribution in [-0.2, 0) is 6.61 Å². The Hall–Kier alpha value is -2.63. The number of anilines is 1. The highest BCUT2D eigenvalue weighted by molar-refractivity contribution is 5.89. The second-order valence-corrected chi connectivity index (χ2v) is 4.08. The molecule has 0 bridgehead atoms. The molecule has 4 nitrogen and oxygen atoms in total. The van der Waals surface area contributed by atoms with E-state index in [1.165, 1.54) is 18.2 Å². The van der Waals surface area contributed by atoms with E-state index >= 15 is 0 Å². The van der Waals surface area contributed by atoms with Crippen LogP contribution >= 0.6 is 0 Å². The molecular weight excluding hydrogens is 268 g/mol. The molecule has 0 unspecified atom stereocenters. The number of carboxylic acids is 1. The smallest absolute Gasteiger partial charge is 0.335 e. The molecule has 6 heteroatoms. The lowest BCUT2D eigenvalue weighted by atomic mass is 10.2. The molecule has 2 aromatic carbocycles. The summed E-state index contributed by atoms with van der Waals surface area (Å²) < 4.78 is 31.6. The Labute approximate surface area is 113 Å². The zero-order chi connectivity index (χ0) is 14.7. The first kappa shape index (κ1) is 13.8. The van der Waals surface area contributed by atoms with Gasteiger partial charge in [-0.05, 0) is 36.4 Å². The van der Waals surface area contributed by atoms with Crippen molar-refractivity contribution in [1.82, 2.24) is 0 Å². The summed E-state index contributed by atoms with van der Waals surface area (Å²) in [6, 6.07) is 6.96. The number of nitrogen functional groups attached to an aromatic ring is 1. The number of hydrogen-bond donors (Lipinski definition) is 2. The summed E-state index contributed by atoms with van der Waals surface area (Å²) in [5.41, 5.74) is 5.82. The zero-order valence-electron chi connectivity index (χ0n) is 10.3. The summed E-state index contributed by atoms with van der Waals surface area (Å²) in [6.07, 6.45) is 0. The number of aromatic carboxylic acids is 1. The minimum atomic E-state index is -1.11. The fourth-order valence-electron chi connectivity index (χ4n) is 1.62. The number of carboxylic acid groups (broad SMARTS) is 1. The largest absolute Gasteiger partial charge is 0.487 e. The molecule has 0 aromatic heterocycles. The van der Waals surface area contributed by atoms with Gasteiger partial charge in [-0.3, -0.25) is 0 Å². The molecule has 3 N–H and O–H groups in total. The third-order valence-corrected chi connectivity index (χ3v) is 2.65. The fourth-order valence-corrected chi connectivity index (χ4v) is 1.62. The van der Waals surface area contributed by atoms with Crippen molar-refractivity contribution >= 4 is 11.7 Å². The van der Waals surface area contributed by atoms with Crippen molar-refractivity contribution in [3.8, 4) is 5.75 Å². The lowest BCUT2D eigenvalue weighted by Crippen LogP contribution is -2.03. The molecule has 104 valence electrons. The summed E-state index contributed by atoms with van der Waals surface area (Å²) in [6.45, 7) is -0.208. The van der Waals surface area contributed by atoms with Crippen LogP contribution in [0.3, 0.4) is 0 Å². The SMILES string of the molecule is Nc1cc(C(=O)O)ccc1OCc1cc(F)ccc1F. The molecule has 0 radical (unpaired) electrons. The van der Waals surface area contributed by atoms with Gasteiger partial charge in [0, 0.05) is 5.56 Å². The van der Waals surface area contributed by atoms with Gasteiger partial charge in [-0.1, -0.05) is 0 Å². The molecule has 0 aliphatic rings. The monoisotopic (exact) mass is 279 g/mol. The molecule has 2 aromatic rings. The van der Waals surface area contributed by atoms with Crippen molar-refractivity contribution in [3.63, 3.8) is 0 Å². The van der Waals surface area contributed by atoms with Gasteiger partial charge >= 0.3 is 5.97 Å². The van der Waals surface area contributed by atoms with Crippen molar-refractivity contribution in [2.45, 2.75) is 6.61 Å². The summed E-state index contributed by atoms with van der Waals surface area (Å²) in [5.74, 6) is -2.07. The van der Waals surface area contributed by atoms with Crippen LogP contribution in [-0.4, -0.2) is 11.1 Å². The number of halogens is 2. The number of hydrogen-bond acceptors (Lipinski definition) is 3. The molecule has 0 saturated carbocycles. The normalized spacial score (nSPS) is 10.3. The van der Waals surface area contributed by atoms with Crippen LogP contribution in [0.5, 0.6) is 5.75 Å². The molecule has 0 spiro atoms. The second kappa shape index (κ2) is 5.56. The van der Waals surface area contributed by atoms with Gasteiger partial charge in [0.1, 0.15) is 24.0 Å². The molecule has 0 saturated heterocycles. The van der Waals surface area contributed by atoms with Gasteiger partial charge in [0.05, 0.1) is 11.3 Å². The third-order valence-electron chi connectivity index (χ3n) is 2.65. The van der Waals surface area contributed by atoms with Crippen molar-refractivity contribution in [1.29, 1.82) is 0 Å².